The molecule has 17 heavy (non-hydrogen) atoms. The van der Waals surface area contributed by atoms with E-state index in [1.807, 2.05) is 0 Å². The second-order valence-electron chi connectivity index (χ2n) is 5.09. The van der Waals surface area contributed by atoms with Crippen molar-refractivity contribution < 1.29 is 9.47 Å². The van der Waals surface area contributed by atoms with Gasteiger partial charge in [0.1, 0.15) is 0 Å². The van der Waals surface area contributed by atoms with E-state index in [-0.39, 0.29) is 0 Å². The number of rotatable bonds is 4. The zero-order valence-corrected chi connectivity index (χ0v) is 10.9. The van der Waals surface area contributed by atoms with Crippen LogP contribution in [0.4, 0.5) is 0 Å². The Morgan fingerprint density at radius 1 is 1.35 bits per heavy atom. The highest BCUT2D eigenvalue weighted by atomic mass is 16.5. The van der Waals surface area contributed by atoms with E-state index in [0.717, 1.165) is 46.0 Å². The van der Waals surface area contributed by atoms with Gasteiger partial charge in [-0.25, -0.2) is 0 Å². The van der Waals surface area contributed by atoms with Crippen LogP contribution in [0, 0.1) is 0 Å². The van der Waals surface area contributed by atoms with Crippen molar-refractivity contribution in [1.29, 1.82) is 0 Å². The van der Waals surface area contributed by atoms with Crippen molar-refractivity contribution in [2.75, 3.05) is 53.1 Å². The third kappa shape index (κ3) is 3.89. The minimum atomic E-state index is 0.412. The first-order chi connectivity index (χ1) is 8.29. The fourth-order valence-electron chi connectivity index (χ4n) is 2.52. The highest BCUT2D eigenvalue weighted by Gasteiger charge is 2.26. The summed E-state index contributed by atoms with van der Waals surface area (Å²) in [4.78, 5) is 2.49. The molecule has 0 spiro atoms. The highest BCUT2D eigenvalue weighted by molar-refractivity contribution is 4.85. The summed E-state index contributed by atoms with van der Waals surface area (Å²) in [6.45, 7) is 8.82. The van der Waals surface area contributed by atoms with Crippen LogP contribution in [0.25, 0.3) is 0 Å². The molecule has 0 unspecified atom stereocenters. The number of nitrogens with zero attached hydrogens (tertiary/aromatic N) is 1. The first-order valence-corrected chi connectivity index (χ1v) is 6.57. The second kappa shape index (κ2) is 6.66. The normalized spacial score (nSPS) is 36.0. The summed E-state index contributed by atoms with van der Waals surface area (Å²) in [5.41, 5.74) is 0. The van der Waals surface area contributed by atoms with Crippen molar-refractivity contribution in [3.63, 3.8) is 0 Å². The first kappa shape index (κ1) is 13.2. The second-order valence-corrected chi connectivity index (χ2v) is 5.09. The van der Waals surface area contributed by atoms with Gasteiger partial charge >= 0.3 is 0 Å². The van der Waals surface area contributed by atoms with Crippen LogP contribution in [0.2, 0.25) is 0 Å². The number of piperazine rings is 1. The van der Waals surface area contributed by atoms with Gasteiger partial charge in [0.05, 0.1) is 25.9 Å². The Morgan fingerprint density at radius 2 is 2.24 bits per heavy atom. The third-order valence-corrected chi connectivity index (χ3v) is 3.59. The topological polar surface area (TPSA) is 45.8 Å². The average Bonchev–Trinajstić information content (AvgIpc) is 2.35. The molecule has 2 rings (SSSR count). The van der Waals surface area contributed by atoms with E-state index in [4.69, 9.17) is 9.47 Å². The molecule has 2 N–H and O–H groups in total. The van der Waals surface area contributed by atoms with Crippen LogP contribution in [-0.2, 0) is 9.47 Å². The SMILES string of the molecule is COC[C@@H]1COCCN1C[C@@H]1CN[C@H](C)CN1. The maximum absolute atomic E-state index is 5.51. The summed E-state index contributed by atoms with van der Waals surface area (Å²) in [5.74, 6) is 0. The average molecular weight is 243 g/mol. The Bertz CT molecular complexity index is 218. The lowest BCUT2D eigenvalue weighted by atomic mass is 10.1. The molecular formula is C12H25N3O2. The van der Waals surface area contributed by atoms with E-state index in [2.05, 4.69) is 22.5 Å². The molecule has 2 fully saturated rings. The molecule has 0 radical (unpaired) electrons. The lowest BCUT2D eigenvalue weighted by Crippen LogP contribution is -2.59. The summed E-state index contributed by atoms with van der Waals surface area (Å²) < 4.78 is 10.8. The number of hydrogen-bond acceptors (Lipinski definition) is 5. The van der Waals surface area contributed by atoms with Crippen LogP contribution in [0.1, 0.15) is 6.92 Å². The van der Waals surface area contributed by atoms with E-state index in [1.54, 1.807) is 7.11 Å². The fourth-order valence-corrected chi connectivity index (χ4v) is 2.52. The Balaban J connectivity index is 1.79. The van der Waals surface area contributed by atoms with E-state index < -0.39 is 0 Å². The third-order valence-electron chi connectivity index (χ3n) is 3.59. The molecule has 5 heteroatoms. The van der Waals surface area contributed by atoms with Gasteiger partial charge in [-0.05, 0) is 6.92 Å². The molecule has 0 aromatic rings. The van der Waals surface area contributed by atoms with E-state index in [0.29, 0.717) is 18.1 Å². The maximum Gasteiger partial charge on any atom is 0.0644 e. The van der Waals surface area contributed by atoms with Crippen molar-refractivity contribution in [2.24, 2.45) is 0 Å². The van der Waals surface area contributed by atoms with Gasteiger partial charge in [-0.15, -0.1) is 0 Å². The van der Waals surface area contributed by atoms with Gasteiger partial charge in [-0.2, -0.15) is 0 Å². The van der Waals surface area contributed by atoms with E-state index >= 15 is 0 Å². The molecule has 0 aliphatic carbocycles. The molecule has 2 aliphatic heterocycles. The van der Waals surface area contributed by atoms with Gasteiger partial charge in [0, 0.05) is 45.4 Å². The van der Waals surface area contributed by atoms with E-state index in [9.17, 15) is 0 Å². The monoisotopic (exact) mass is 243 g/mol. The molecule has 2 heterocycles. The number of hydrogen-bond donors (Lipinski definition) is 2. The summed E-state index contributed by atoms with van der Waals surface area (Å²) in [5, 5.41) is 7.11. The molecule has 0 bridgehead atoms. The van der Waals surface area contributed by atoms with Crippen molar-refractivity contribution >= 4 is 0 Å². The molecular weight excluding hydrogens is 218 g/mol. The molecule has 2 saturated heterocycles. The molecule has 3 atom stereocenters. The summed E-state index contributed by atoms with van der Waals surface area (Å²) >= 11 is 0. The fraction of sp³-hybridized carbons (Fsp3) is 1.00. The number of ether oxygens (including phenoxy) is 2. The standard InChI is InChI=1S/C12H25N3O2/c1-10-5-14-11(6-13-10)7-15-3-4-17-9-12(15)8-16-2/h10-14H,3-9H2,1-2H3/t10-,11+,12-/m1/s1. The molecule has 5 nitrogen and oxygen atoms in total. The molecule has 0 aromatic carbocycles. The Kier molecular flexibility index (Phi) is 5.18. The van der Waals surface area contributed by atoms with Crippen LogP contribution >= 0.6 is 0 Å². The quantitative estimate of drug-likeness (QED) is 0.682. The lowest BCUT2D eigenvalue weighted by molar-refractivity contribution is -0.0388. The smallest absolute Gasteiger partial charge is 0.0644 e. The van der Waals surface area contributed by atoms with Gasteiger partial charge in [0.25, 0.3) is 0 Å². The summed E-state index contributed by atoms with van der Waals surface area (Å²) in [7, 11) is 1.76. The molecule has 100 valence electrons. The van der Waals surface area contributed by atoms with Gasteiger partial charge in [0.15, 0.2) is 0 Å². The van der Waals surface area contributed by atoms with Crippen LogP contribution in [0.15, 0.2) is 0 Å². The zero-order valence-electron chi connectivity index (χ0n) is 10.9. The van der Waals surface area contributed by atoms with Gasteiger partial charge in [-0.1, -0.05) is 0 Å². The molecule has 2 aliphatic rings. The minimum Gasteiger partial charge on any atom is -0.383 e. The molecule has 0 aromatic heterocycles. The highest BCUT2D eigenvalue weighted by Crippen LogP contribution is 2.09. The predicted octanol–water partition coefficient (Wildman–Crippen LogP) is -0.716. The molecule has 0 amide bonds. The predicted molar refractivity (Wildman–Crippen MR) is 67.3 cm³/mol. The van der Waals surface area contributed by atoms with Crippen LogP contribution < -0.4 is 10.6 Å². The van der Waals surface area contributed by atoms with Crippen LogP contribution in [0.3, 0.4) is 0 Å². The van der Waals surface area contributed by atoms with E-state index in [1.165, 1.54) is 0 Å². The lowest BCUT2D eigenvalue weighted by Gasteiger charge is -2.39. The van der Waals surface area contributed by atoms with Crippen molar-refractivity contribution in [1.82, 2.24) is 15.5 Å². The largest absolute Gasteiger partial charge is 0.383 e. The first-order valence-electron chi connectivity index (χ1n) is 6.57. The van der Waals surface area contributed by atoms with Crippen LogP contribution in [-0.4, -0.2) is 76.1 Å². The number of morpholine rings is 1. The maximum atomic E-state index is 5.51. The summed E-state index contributed by atoms with van der Waals surface area (Å²) in [6.07, 6.45) is 0. The van der Waals surface area contributed by atoms with Crippen LogP contribution in [0.5, 0.6) is 0 Å². The Hall–Kier alpha value is -0.200. The van der Waals surface area contributed by atoms with Crippen molar-refractivity contribution in [2.45, 2.75) is 25.0 Å². The van der Waals surface area contributed by atoms with Gasteiger partial charge in [-0.3, -0.25) is 4.90 Å². The van der Waals surface area contributed by atoms with Gasteiger partial charge < -0.3 is 20.1 Å². The van der Waals surface area contributed by atoms with Crippen molar-refractivity contribution in [3.8, 4) is 0 Å². The summed E-state index contributed by atoms with van der Waals surface area (Å²) in [6, 6.07) is 1.55. The van der Waals surface area contributed by atoms with Crippen molar-refractivity contribution in [3.05, 3.63) is 0 Å². The van der Waals surface area contributed by atoms with Gasteiger partial charge in [0.2, 0.25) is 0 Å². The number of methoxy groups -OCH3 is 1. The minimum absolute atomic E-state index is 0.412. The number of nitrogens with one attached hydrogen (secondary N) is 2. The molecule has 0 saturated carbocycles. The zero-order chi connectivity index (χ0) is 12.1. The Morgan fingerprint density at radius 3 is 2.94 bits per heavy atom. The Labute approximate surface area is 104 Å².